The molecule has 0 atom stereocenters. The van der Waals surface area contributed by atoms with Crippen LogP contribution in [0.4, 0.5) is 0 Å². The number of fused-ring (bicyclic) bond motifs is 6. The Bertz CT molecular complexity index is 2840. The summed E-state index contributed by atoms with van der Waals surface area (Å²) in [4.78, 5) is 0.154. The monoisotopic (exact) mass is 1210 g/mol. The zero-order valence-corrected chi connectivity index (χ0v) is 41.4. The Hall–Kier alpha value is -5.30. The summed E-state index contributed by atoms with van der Waals surface area (Å²) in [7, 11) is -2.05. The molecule has 0 heterocycles. The van der Waals surface area contributed by atoms with Crippen molar-refractivity contribution in [2.75, 3.05) is 0 Å². The van der Waals surface area contributed by atoms with Crippen molar-refractivity contribution in [3.63, 3.8) is 0 Å². The first kappa shape index (κ1) is 47.2. The van der Waals surface area contributed by atoms with E-state index in [1.54, 1.807) is 0 Å². The van der Waals surface area contributed by atoms with E-state index in [1.807, 2.05) is 36.4 Å². The fourth-order valence-electron chi connectivity index (χ4n) is 8.50. The van der Waals surface area contributed by atoms with Gasteiger partial charge in [-0.05, 0) is 91.6 Å². The van der Waals surface area contributed by atoms with Crippen molar-refractivity contribution >= 4 is 80.2 Å². The van der Waals surface area contributed by atoms with Gasteiger partial charge in [0.2, 0.25) is 0 Å². The summed E-state index contributed by atoms with van der Waals surface area (Å²) in [5.41, 5.74) is 1.64. The minimum absolute atomic E-state index is 0. The molecule has 0 aliphatic heterocycles. The molecule has 0 fully saturated rings. The first-order chi connectivity index (χ1) is 29.9. The molecular formula is C59H46Au2P2+2. The third-order valence-electron chi connectivity index (χ3n) is 11.3. The van der Waals surface area contributed by atoms with Crippen molar-refractivity contribution in [1.29, 1.82) is 0 Å². The van der Waals surface area contributed by atoms with E-state index in [0.29, 0.717) is 0 Å². The van der Waals surface area contributed by atoms with E-state index < -0.39 is 15.8 Å². The summed E-state index contributed by atoms with van der Waals surface area (Å²) in [5, 5.41) is 15.8. The van der Waals surface area contributed by atoms with Crippen molar-refractivity contribution in [3.05, 3.63) is 254 Å². The van der Waals surface area contributed by atoms with Gasteiger partial charge < -0.3 is 12.8 Å². The Balaban J connectivity index is 0.000000166. The van der Waals surface area contributed by atoms with Crippen LogP contribution in [0.25, 0.3) is 43.1 Å². The Morgan fingerprint density at radius 1 is 0.317 bits per heavy atom. The van der Waals surface area contributed by atoms with Crippen LogP contribution in [0.15, 0.2) is 231 Å². The average molecular weight is 1210 g/mol. The predicted molar refractivity (Wildman–Crippen MR) is 270 cm³/mol. The third-order valence-corrected chi connectivity index (χ3v) is 18.9. The van der Waals surface area contributed by atoms with Gasteiger partial charge in [0, 0.05) is 13.8 Å². The molecule has 0 aliphatic carbocycles. The van der Waals surface area contributed by atoms with Crippen LogP contribution in [0.5, 0.6) is 0 Å². The van der Waals surface area contributed by atoms with Gasteiger partial charge >= 0.3 is 44.8 Å². The Kier molecular flexibility index (Phi) is 16.7. The van der Waals surface area contributed by atoms with Crippen LogP contribution in [0.3, 0.4) is 0 Å². The van der Waals surface area contributed by atoms with Crippen LogP contribution in [-0.2, 0) is 44.8 Å². The van der Waals surface area contributed by atoms with E-state index in [1.165, 1.54) is 53.5 Å². The number of rotatable bonds is 6. The van der Waals surface area contributed by atoms with Crippen LogP contribution >= 0.6 is 15.8 Å². The molecule has 0 aromatic heterocycles. The van der Waals surface area contributed by atoms with Crippen LogP contribution in [0.2, 0.25) is 0 Å². The van der Waals surface area contributed by atoms with Crippen LogP contribution < -0.4 is 21.2 Å². The van der Waals surface area contributed by atoms with Crippen LogP contribution in [0, 0.1) is 24.7 Å². The van der Waals surface area contributed by atoms with Crippen molar-refractivity contribution in [1.82, 2.24) is 0 Å². The maximum atomic E-state index is 7.13. The molecule has 0 radical (unpaired) electrons. The van der Waals surface area contributed by atoms with E-state index in [9.17, 15) is 0 Å². The molecule has 0 N–H and O–H groups in total. The number of hydrogen-bond donors (Lipinski definition) is 0. The minimum atomic E-state index is -1.02. The quantitative estimate of drug-likeness (QED) is 0.0512. The van der Waals surface area contributed by atoms with Gasteiger partial charge in [0.25, 0.3) is 0 Å². The van der Waals surface area contributed by atoms with E-state index in [4.69, 9.17) is 12.8 Å². The molecule has 0 spiro atoms. The first-order valence-corrected chi connectivity index (χ1v) is 23.6. The fourth-order valence-corrected chi connectivity index (χ4v) is 16.9. The third kappa shape index (κ3) is 10.9. The number of hydrogen-bond acceptors (Lipinski definition) is 0. The molecular weight excluding hydrogens is 1160 g/mol. The Morgan fingerprint density at radius 2 is 0.587 bits per heavy atom. The maximum absolute atomic E-state index is 7.13. The normalized spacial score (nSPS) is 10.7. The first-order valence-electron chi connectivity index (χ1n) is 20.6. The molecule has 0 saturated heterocycles. The summed E-state index contributed by atoms with van der Waals surface area (Å²) in [5.74, 6) is 4.83. The molecule has 0 nitrogen and oxygen atoms in total. The van der Waals surface area contributed by atoms with E-state index in [0.717, 1.165) is 21.9 Å². The summed E-state index contributed by atoms with van der Waals surface area (Å²) in [6.07, 6.45) is 14.3. The number of benzene rings is 10. The van der Waals surface area contributed by atoms with Gasteiger partial charge in [0.1, 0.15) is 37.1 Å². The molecule has 312 valence electrons. The summed E-state index contributed by atoms with van der Waals surface area (Å²) in [6.45, 7) is 5.02. The zero-order valence-electron chi connectivity index (χ0n) is 35.0. The molecule has 10 aromatic carbocycles. The van der Waals surface area contributed by atoms with Crippen molar-refractivity contribution in [3.8, 4) is 11.8 Å². The van der Waals surface area contributed by atoms with Gasteiger partial charge in [-0.3, -0.25) is 11.8 Å². The summed E-state index contributed by atoms with van der Waals surface area (Å²) in [6, 6.07) is 81.8. The molecule has 0 unspecified atom stereocenters. The van der Waals surface area contributed by atoms with E-state index in [2.05, 4.69) is 220 Å². The molecule has 63 heavy (non-hydrogen) atoms. The average Bonchev–Trinajstić information content (AvgIpc) is 3.33. The van der Waals surface area contributed by atoms with Crippen molar-refractivity contribution < 1.29 is 44.8 Å². The largest absolute Gasteiger partial charge is 1.00 e. The smallest absolute Gasteiger partial charge is 0.366 e. The van der Waals surface area contributed by atoms with Crippen molar-refractivity contribution in [2.45, 2.75) is 18.7 Å². The van der Waals surface area contributed by atoms with E-state index >= 15 is 0 Å². The molecule has 0 bridgehead atoms. The molecule has 10 aromatic rings. The minimum Gasteiger partial charge on any atom is -0.366 e. The van der Waals surface area contributed by atoms with Crippen molar-refractivity contribution in [2.24, 2.45) is 0 Å². The molecule has 10 rings (SSSR count). The summed E-state index contributed by atoms with van der Waals surface area (Å²) < 4.78 is 0. The van der Waals surface area contributed by atoms with Gasteiger partial charge in [-0.2, -0.15) is 0 Å². The maximum Gasteiger partial charge on any atom is 1.00 e. The van der Waals surface area contributed by atoms with Gasteiger partial charge in [-0.25, -0.2) is 0 Å². The second-order valence-corrected chi connectivity index (χ2v) is 22.3. The zero-order chi connectivity index (χ0) is 42.0. The van der Waals surface area contributed by atoms with Gasteiger partial charge in [0.05, 0.1) is 0 Å². The van der Waals surface area contributed by atoms with Crippen LogP contribution in [-0.4, -0.2) is 4.90 Å². The van der Waals surface area contributed by atoms with E-state index in [-0.39, 0.29) is 49.7 Å². The van der Waals surface area contributed by atoms with Gasteiger partial charge in [0.15, 0.2) is 4.90 Å². The molecule has 0 amide bonds. The Morgan fingerprint density at radius 3 is 0.905 bits per heavy atom. The standard InChI is InChI=1S/C27H26P2.2C16H9.2Au/c1-27(2,28(23-15-7-3-8-16-23)24-17-9-4-10-18-24)29(25-19-11-5-12-20-25)26-21-13-6-14-22-26;2*1-2-12-7-10-16-14(11-12)9-8-13-5-3-4-6-15(13)16;;/h3-22H,1-2H3;2*3-11H;;/q;2*-1;2*+1/p+2. The van der Waals surface area contributed by atoms with Gasteiger partial charge in [-0.15, -0.1) is 35.4 Å². The second-order valence-electron chi connectivity index (χ2n) is 15.5. The SMILES string of the molecule is CC(C)([PH+](c1ccccc1)c1ccccc1)[PH+](c1ccccc1)c1ccccc1.[Au+].[Au+].[C-]#Cc1ccc2c(ccc3ccccc32)c1.[C-]#Cc1ccc2c(ccc3ccccc32)c1. The second kappa shape index (κ2) is 22.4. The van der Waals surface area contributed by atoms with Crippen LogP contribution in [0.1, 0.15) is 25.0 Å². The topological polar surface area (TPSA) is 0 Å². The Labute approximate surface area is 406 Å². The molecule has 0 saturated carbocycles. The molecule has 0 aliphatic rings. The fraction of sp³-hybridized carbons (Fsp3) is 0.0508. The predicted octanol–water partition coefficient (Wildman–Crippen LogP) is 13.3. The molecule has 4 heteroatoms. The summed E-state index contributed by atoms with van der Waals surface area (Å²) >= 11 is 0. The van der Waals surface area contributed by atoms with Gasteiger partial charge in [-0.1, -0.05) is 158 Å².